The van der Waals surface area contributed by atoms with Gasteiger partial charge in [-0.05, 0) is 18.6 Å². The molecule has 0 radical (unpaired) electrons. The maximum atomic E-state index is 12.0. The van der Waals surface area contributed by atoms with Gasteiger partial charge >= 0.3 is 0 Å². The standard InChI is InChI=1S/C14H16N2O4/c1-2-9(5-6-15)16-14(18)13-8-19-11-4-3-10(17)7-12(11)20-13/h3-4,7,9,13,17H,2,5,8H2,1H3,(H,16,18). The van der Waals surface area contributed by atoms with Crippen LogP contribution in [0.25, 0.3) is 0 Å². The van der Waals surface area contributed by atoms with Gasteiger partial charge in [-0.25, -0.2) is 0 Å². The van der Waals surface area contributed by atoms with E-state index >= 15 is 0 Å². The van der Waals surface area contributed by atoms with E-state index in [4.69, 9.17) is 14.7 Å². The second-order valence-electron chi connectivity index (χ2n) is 4.52. The van der Waals surface area contributed by atoms with Gasteiger partial charge in [0.1, 0.15) is 12.4 Å². The van der Waals surface area contributed by atoms with Crippen LogP contribution in [0.3, 0.4) is 0 Å². The van der Waals surface area contributed by atoms with Crippen molar-refractivity contribution in [2.24, 2.45) is 0 Å². The van der Waals surface area contributed by atoms with E-state index in [1.54, 1.807) is 6.07 Å². The molecular weight excluding hydrogens is 260 g/mol. The topological polar surface area (TPSA) is 91.6 Å². The molecule has 0 fully saturated rings. The predicted molar refractivity (Wildman–Crippen MR) is 70.5 cm³/mol. The largest absolute Gasteiger partial charge is 0.508 e. The summed E-state index contributed by atoms with van der Waals surface area (Å²) >= 11 is 0. The van der Waals surface area contributed by atoms with E-state index in [1.165, 1.54) is 12.1 Å². The van der Waals surface area contributed by atoms with E-state index in [9.17, 15) is 9.90 Å². The van der Waals surface area contributed by atoms with Gasteiger partial charge in [-0.1, -0.05) is 6.92 Å². The summed E-state index contributed by atoms with van der Waals surface area (Å²) in [5, 5.41) is 20.8. The summed E-state index contributed by atoms with van der Waals surface area (Å²) in [4.78, 5) is 12.0. The number of hydrogen-bond donors (Lipinski definition) is 2. The SMILES string of the molecule is CCC(CC#N)NC(=O)C1COc2ccc(O)cc2O1. The van der Waals surface area contributed by atoms with E-state index in [0.29, 0.717) is 17.9 Å². The van der Waals surface area contributed by atoms with Crippen LogP contribution < -0.4 is 14.8 Å². The number of benzene rings is 1. The van der Waals surface area contributed by atoms with Gasteiger partial charge in [-0.15, -0.1) is 0 Å². The van der Waals surface area contributed by atoms with E-state index in [2.05, 4.69) is 5.32 Å². The molecule has 1 aromatic rings. The fourth-order valence-electron chi connectivity index (χ4n) is 1.89. The molecule has 1 aliphatic rings. The summed E-state index contributed by atoms with van der Waals surface area (Å²) < 4.78 is 10.9. The third-order valence-corrected chi connectivity index (χ3v) is 3.06. The van der Waals surface area contributed by atoms with Gasteiger partial charge in [0, 0.05) is 12.1 Å². The summed E-state index contributed by atoms with van der Waals surface area (Å²) in [6, 6.07) is 6.32. The van der Waals surface area contributed by atoms with Crippen LogP contribution in [-0.4, -0.2) is 29.8 Å². The number of nitriles is 1. The van der Waals surface area contributed by atoms with Crippen LogP contribution in [0, 0.1) is 11.3 Å². The van der Waals surface area contributed by atoms with Crippen molar-refractivity contribution in [3.8, 4) is 23.3 Å². The molecule has 106 valence electrons. The highest BCUT2D eigenvalue weighted by Crippen LogP contribution is 2.34. The Morgan fingerprint density at radius 1 is 1.60 bits per heavy atom. The molecule has 0 aliphatic carbocycles. The van der Waals surface area contributed by atoms with Crippen molar-refractivity contribution in [3.63, 3.8) is 0 Å². The second kappa shape index (κ2) is 6.15. The van der Waals surface area contributed by atoms with Crippen molar-refractivity contribution in [2.75, 3.05) is 6.61 Å². The number of nitrogens with zero attached hydrogens (tertiary/aromatic N) is 1. The summed E-state index contributed by atoms with van der Waals surface area (Å²) in [6.07, 6.45) is 0.148. The zero-order valence-electron chi connectivity index (χ0n) is 11.1. The van der Waals surface area contributed by atoms with Crippen LogP contribution >= 0.6 is 0 Å². The van der Waals surface area contributed by atoms with Gasteiger partial charge in [0.2, 0.25) is 6.10 Å². The lowest BCUT2D eigenvalue weighted by Gasteiger charge is -2.27. The summed E-state index contributed by atoms with van der Waals surface area (Å²) in [5.41, 5.74) is 0. The van der Waals surface area contributed by atoms with Crippen molar-refractivity contribution in [2.45, 2.75) is 31.9 Å². The normalized spacial score (nSPS) is 17.9. The van der Waals surface area contributed by atoms with E-state index in [1.807, 2.05) is 13.0 Å². The van der Waals surface area contributed by atoms with E-state index in [0.717, 1.165) is 0 Å². The summed E-state index contributed by atoms with van der Waals surface area (Å²) in [6.45, 7) is 2.00. The Labute approximate surface area is 116 Å². The summed E-state index contributed by atoms with van der Waals surface area (Å²) in [5.74, 6) is 0.561. The Bertz CT molecular complexity index is 538. The van der Waals surface area contributed by atoms with Crippen LogP contribution in [0.1, 0.15) is 19.8 Å². The van der Waals surface area contributed by atoms with Crippen molar-refractivity contribution in [1.29, 1.82) is 5.26 Å². The number of fused-ring (bicyclic) bond motifs is 1. The predicted octanol–water partition coefficient (Wildman–Crippen LogP) is 1.34. The first-order valence-corrected chi connectivity index (χ1v) is 6.43. The highest BCUT2D eigenvalue weighted by Gasteiger charge is 2.28. The third kappa shape index (κ3) is 3.12. The molecule has 0 bridgehead atoms. The number of carbonyl (C=O) groups excluding carboxylic acids is 1. The average Bonchev–Trinajstić information content (AvgIpc) is 2.45. The molecular formula is C14H16N2O4. The van der Waals surface area contributed by atoms with Crippen LogP contribution in [0.15, 0.2) is 18.2 Å². The van der Waals surface area contributed by atoms with Crippen LogP contribution in [0.5, 0.6) is 17.2 Å². The number of amides is 1. The fraction of sp³-hybridized carbons (Fsp3) is 0.429. The smallest absolute Gasteiger partial charge is 0.264 e. The maximum absolute atomic E-state index is 12.0. The Morgan fingerprint density at radius 3 is 3.10 bits per heavy atom. The van der Waals surface area contributed by atoms with Crippen molar-refractivity contribution in [3.05, 3.63) is 18.2 Å². The van der Waals surface area contributed by atoms with Gasteiger partial charge in [-0.2, -0.15) is 5.26 Å². The molecule has 2 N–H and O–H groups in total. The number of ether oxygens (including phenoxy) is 2. The average molecular weight is 276 g/mol. The first-order chi connectivity index (χ1) is 9.63. The first-order valence-electron chi connectivity index (χ1n) is 6.43. The van der Waals surface area contributed by atoms with E-state index in [-0.39, 0.29) is 30.7 Å². The minimum Gasteiger partial charge on any atom is -0.508 e. The lowest BCUT2D eigenvalue weighted by Crippen LogP contribution is -2.47. The van der Waals surface area contributed by atoms with Crippen LogP contribution in [0.4, 0.5) is 0 Å². The Morgan fingerprint density at radius 2 is 2.40 bits per heavy atom. The Hall–Kier alpha value is -2.42. The minimum atomic E-state index is -0.781. The lowest BCUT2D eigenvalue weighted by atomic mass is 10.1. The van der Waals surface area contributed by atoms with Crippen molar-refractivity contribution in [1.82, 2.24) is 5.32 Å². The Kier molecular flexibility index (Phi) is 4.31. The molecule has 2 atom stereocenters. The molecule has 1 aliphatic heterocycles. The maximum Gasteiger partial charge on any atom is 0.264 e. The number of aromatic hydroxyl groups is 1. The zero-order chi connectivity index (χ0) is 14.5. The number of rotatable bonds is 4. The Balaban J connectivity index is 2.01. The molecule has 20 heavy (non-hydrogen) atoms. The molecule has 1 amide bonds. The molecule has 2 rings (SSSR count). The minimum absolute atomic E-state index is 0.0457. The van der Waals surface area contributed by atoms with Gasteiger partial charge < -0.3 is 19.9 Å². The molecule has 0 saturated carbocycles. The highest BCUT2D eigenvalue weighted by atomic mass is 16.6. The number of phenolic OH excluding ortho intramolecular Hbond substituents is 1. The molecule has 0 saturated heterocycles. The molecule has 6 heteroatoms. The summed E-state index contributed by atoms with van der Waals surface area (Å²) in [7, 11) is 0. The van der Waals surface area contributed by atoms with Gasteiger partial charge in [0.05, 0.1) is 12.5 Å². The van der Waals surface area contributed by atoms with Gasteiger partial charge in [-0.3, -0.25) is 4.79 Å². The molecule has 1 heterocycles. The molecule has 2 unspecified atom stereocenters. The number of phenols is 1. The number of nitrogens with one attached hydrogen (secondary N) is 1. The van der Waals surface area contributed by atoms with Crippen LogP contribution in [0.2, 0.25) is 0 Å². The first kappa shape index (κ1) is 14.0. The third-order valence-electron chi connectivity index (χ3n) is 3.06. The number of carbonyl (C=O) groups is 1. The molecule has 1 aromatic carbocycles. The van der Waals surface area contributed by atoms with Crippen molar-refractivity contribution < 1.29 is 19.4 Å². The zero-order valence-corrected chi connectivity index (χ0v) is 11.1. The van der Waals surface area contributed by atoms with Gasteiger partial charge in [0.25, 0.3) is 5.91 Å². The monoisotopic (exact) mass is 276 g/mol. The quantitative estimate of drug-likeness (QED) is 0.865. The fourth-order valence-corrected chi connectivity index (χ4v) is 1.89. The highest BCUT2D eigenvalue weighted by molar-refractivity contribution is 5.82. The van der Waals surface area contributed by atoms with E-state index < -0.39 is 6.10 Å². The molecule has 0 spiro atoms. The molecule has 6 nitrogen and oxygen atoms in total. The number of hydrogen-bond acceptors (Lipinski definition) is 5. The van der Waals surface area contributed by atoms with Crippen LogP contribution in [-0.2, 0) is 4.79 Å². The van der Waals surface area contributed by atoms with Crippen molar-refractivity contribution >= 4 is 5.91 Å². The lowest BCUT2D eigenvalue weighted by molar-refractivity contribution is -0.131. The van der Waals surface area contributed by atoms with Gasteiger partial charge in [0.15, 0.2) is 11.5 Å². The second-order valence-corrected chi connectivity index (χ2v) is 4.52. The molecule has 0 aromatic heterocycles.